The average Bonchev–Trinajstić information content (AvgIpc) is 2.57. The second kappa shape index (κ2) is 5.56. The number of rotatable bonds is 2. The molecule has 0 bridgehead atoms. The summed E-state index contributed by atoms with van der Waals surface area (Å²) in [5, 5.41) is 1.98. The standard InChI is InChI=1S/C10H10OS/c1-2-12-9-4-3-6-10-7-5-8-11-10/h4-5,7-9H,2H2,1H3/b9-4+. The van der Waals surface area contributed by atoms with Gasteiger partial charge >= 0.3 is 0 Å². The first kappa shape index (κ1) is 9.02. The summed E-state index contributed by atoms with van der Waals surface area (Å²) in [5.74, 6) is 7.54. The van der Waals surface area contributed by atoms with E-state index in [9.17, 15) is 0 Å². The van der Waals surface area contributed by atoms with E-state index in [1.807, 2.05) is 23.6 Å². The van der Waals surface area contributed by atoms with Gasteiger partial charge in [0.1, 0.15) is 0 Å². The topological polar surface area (TPSA) is 13.1 Å². The molecule has 0 aliphatic rings. The van der Waals surface area contributed by atoms with Gasteiger partial charge in [-0.2, -0.15) is 0 Å². The van der Waals surface area contributed by atoms with Crippen molar-refractivity contribution in [3.63, 3.8) is 0 Å². The summed E-state index contributed by atoms with van der Waals surface area (Å²) in [6.45, 7) is 2.11. The molecule has 0 aliphatic carbocycles. The average molecular weight is 178 g/mol. The SMILES string of the molecule is CCS/C=C/C#Cc1ccco1. The molecule has 1 aromatic rings. The first-order valence-electron chi connectivity index (χ1n) is 3.75. The van der Waals surface area contributed by atoms with Crippen molar-refractivity contribution in [3.8, 4) is 11.8 Å². The Morgan fingerprint density at radius 2 is 2.58 bits per heavy atom. The van der Waals surface area contributed by atoms with Crippen molar-refractivity contribution >= 4 is 11.8 Å². The second-order valence-corrected chi connectivity index (χ2v) is 3.19. The quantitative estimate of drug-likeness (QED) is 0.646. The Morgan fingerprint density at radius 3 is 3.25 bits per heavy atom. The van der Waals surface area contributed by atoms with Gasteiger partial charge in [-0.25, -0.2) is 0 Å². The third-order valence-electron chi connectivity index (χ3n) is 1.13. The van der Waals surface area contributed by atoms with E-state index in [2.05, 4.69) is 18.8 Å². The largest absolute Gasteiger partial charge is 0.456 e. The zero-order chi connectivity index (χ0) is 8.65. The van der Waals surface area contributed by atoms with Crippen LogP contribution < -0.4 is 0 Å². The van der Waals surface area contributed by atoms with Crippen LogP contribution >= 0.6 is 11.8 Å². The highest BCUT2D eigenvalue weighted by Crippen LogP contribution is 1.99. The number of hydrogen-bond donors (Lipinski definition) is 0. The normalized spacial score (nSPS) is 9.75. The Labute approximate surface area is 76.8 Å². The lowest BCUT2D eigenvalue weighted by molar-refractivity contribution is 0.554. The van der Waals surface area contributed by atoms with Crippen LogP contribution in [-0.4, -0.2) is 5.75 Å². The summed E-state index contributed by atoms with van der Waals surface area (Å²) in [7, 11) is 0. The smallest absolute Gasteiger partial charge is 0.176 e. The van der Waals surface area contributed by atoms with Crippen LogP contribution in [0.3, 0.4) is 0 Å². The summed E-state index contributed by atoms with van der Waals surface area (Å²) in [6.07, 6.45) is 3.45. The molecule has 0 atom stereocenters. The summed E-state index contributed by atoms with van der Waals surface area (Å²) in [5.41, 5.74) is 0. The molecule has 1 rings (SSSR count). The molecule has 0 spiro atoms. The van der Waals surface area contributed by atoms with Crippen LogP contribution in [0.4, 0.5) is 0 Å². The van der Waals surface area contributed by atoms with Crippen LogP contribution in [0.15, 0.2) is 34.3 Å². The lowest BCUT2D eigenvalue weighted by Crippen LogP contribution is -1.61. The summed E-state index contributed by atoms with van der Waals surface area (Å²) in [6, 6.07) is 3.67. The highest BCUT2D eigenvalue weighted by Gasteiger charge is 1.82. The summed E-state index contributed by atoms with van der Waals surface area (Å²) in [4.78, 5) is 0. The van der Waals surface area contributed by atoms with Gasteiger partial charge in [0, 0.05) is 0 Å². The minimum Gasteiger partial charge on any atom is -0.456 e. The molecule has 0 saturated heterocycles. The molecule has 1 aromatic heterocycles. The van der Waals surface area contributed by atoms with Gasteiger partial charge in [0.25, 0.3) is 0 Å². The molecule has 0 saturated carbocycles. The van der Waals surface area contributed by atoms with Crippen molar-refractivity contribution < 1.29 is 4.42 Å². The van der Waals surface area contributed by atoms with Crippen molar-refractivity contribution in [2.45, 2.75) is 6.92 Å². The monoisotopic (exact) mass is 178 g/mol. The van der Waals surface area contributed by atoms with Crippen molar-refractivity contribution in [1.29, 1.82) is 0 Å². The number of allylic oxidation sites excluding steroid dienone is 1. The van der Waals surface area contributed by atoms with Crippen LogP contribution in [0.2, 0.25) is 0 Å². The molecule has 0 aliphatic heterocycles. The van der Waals surface area contributed by atoms with Crippen LogP contribution in [0.1, 0.15) is 12.7 Å². The molecule has 62 valence electrons. The number of thioether (sulfide) groups is 1. The van der Waals surface area contributed by atoms with Crippen molar-refractivity contribution in [2.24, 2.45) is 0 Å². The fraction of sp³-hybridized carbons (Fsp3) is 0.200. The van der Waals surface area contributed by atoms with E-state index in [0.717, 1.165) is 5.75 Å². The van der Waals surface area contributed by atoms with Gasteiger partial charge in [0.05, 0.1) is 6.26 Å². The molecule has 0 radical (unpaired) electrons. The first-order valence-corrected chi connectivity index (χ1v) is 4.80. The van der Waals surface area contributed by atoms with E-state index in [1.165, 1.54) is 0 Å². The van der Waals surface area contributed by atoms with Gasteiger partial charge in [-0.3, -0.25) is 0 Å². The van der Waals surface area contributed by atoms with Gasteiger partial charge < -0.3 is 4.42 Å². The Kier molecular flexibility index (Phi) is 4.18. The maximum atomic E-state index is 5.03. The van der Waals surface area contributed by atoms with Crippen LogP contribution in [0.25, 0.3) is 0 Å². The summed E-state index contributed by atoms with van der Waals surface area (Å²) < 4.78 is 5.03. The zero-order valence-electron chi connectivity index (χ0n) is 6.91. The molecular formula is C10H10OS. The lowest BCUT2D eigenvalue weighted by atomic mass is 10.4. The molecule has 2 heteroatoms. The van der Waals surface area contributed by atoms with Crippen LogP contribution in [0, 0.1) is 11.8 Å². The molecule has 0 aromatic carbocycles. The molecule has 0 N–H and O–H groups in total. The van der Waals surface area contributed by atoms with Gasteiger partial charge in [-0.05, 0) is 35.3 Å². The van der Waals surface area contributed by atoms with Gasteiger partial charge in [-0.15, -0.1) is 11.8 Å². The van der Waals surface area contributed by atoms with Crippen molar-refractivity contribution in [1.82, 2.24) is 0 Å². The minimum absolute atomic E-state index is 0.709. The van der Waals surface area contributed by atoms with Crippen LogP contribution in [0.5, 0.6) is 0 Å². The fourth-order valence-electron chi connectivity index (χ4n) is 0.641. The highest BCUT2D eigenvalue weighted by molar-refractivity contribution is 8.02. The number of furan rings is 1. The predicted molar refractivity (Wildman–Crippen MR) is 52.9 cm³/mol. The van der Waals surface area contributed by atoms with E-state index in [0.29, 0.717) is 5.76 Å². The third-order valence-corrected chi connectivity index (χ3v) is 1.79. The second-order valence-electron chi connectivity index (χ2n) is 2.00. The molecule has 0 unspecified atom stereocenters. The predicted octanol–water partition coefficient (Wildman–Crippen LogP) is 2.90. The fourth-order valence-corrected chi connectivity index (χ4v) is 0.998. The molecule has 1 heterocycles. The molecule has 0 amide bonds. The maximum Gasteiger partial charge on any atom is 0.176 e. The maximum absolute atomic E-state index is 5.03. The summed E-state index contributed by atoms with van der Waals surface area (Å²) >= 11 is 1.73. The lowest BCUT2D eigenvalue weighted by Gasteiger charge is -1.78. The van der Waals surface area contributed by atoms with Crippen LogP contribution in [-0.2, 0) is 0 Å². The van der Waals surface area contributed by atoms with E-state index in [-0.39, 0.29) is 0 Å². The first-order chi connectivity index (χ1) is 5.93. The van der Waals surface area contributed by atoms with Crippen molar-refractivity contribution in [3.05, 3.63) is 35.6 Å². The number of hydrogen-bond acceptors (Lipinski definition) is 2. The Bertz CT molecular complexity index is 287. The van der Waals surface area contributed by atoms with E-state index in [4.69, 9.17) is 4.42 Å². The molecule has 12 heavy (non-hydrogen) atoms. The Balaban J connectivity index is 2.39. The van der Waals surface area contributed by atoms with Gasteiger partial charge in [0.15, 0.2) is 5.76 Å². The Morgan fingerprint density at radius 1 is 1.67 bits per heavy atom. The van der Waals surface area contributed by atoms with Gasteiger partial charge in [-0.1, -0.05) is 12.8 Å². The Hall–Kier alpha value is -1.07. The van der Waals surface area contributed by atoms with E-state index < -0.39 is 0 Å². The highest BCUT2D eigenvalue weighted by atomic mass is 32.2. The molecular weight excluding hydrogens is 168 g/mol. The molecule has 0 fully saturated rings. The van der Waals surface area contributed by atoms with E-state index in [1.54, 1.807) is 18.0 Å². The molecule has 1 nitrogen and oxygen atoms in total. The zero-order valence-corrected chi connectivity index (χ0v) is 7.73. The van der Waals surface area contributed by atoms with Gasteiger partial charge in [0.2, 0.25) is 0 Å². The minimum atomic E-state index is 0.709. The van der Waals surface area contributed by atoms with Crippen molar-refractivity contribution in [2.75, 3.05) is 5.75 Å². The third kappa shape index (κ3) is 3.36. The van der Waals surface area contributed by atoms with E-state index >= 15 is 0 Å².